The maximum Gasteiger partial charge on any atom is 0.131 e. The molecule has 0 aliphatic carbocycles. The first-order valence-electron chi connectivity index (χ1n) is 5.29. The number of rotatable bonds is 4. The molecule has 0 saturated carbocycles. The molecule has 2 aromatic heterocycles. The van der Waals surface area contributed by atoms with Gasteiger partial charge in [0.15, 0.2) is 0 Å². The van der Waals surface area contributed by atoms with Crippen molar-refractivity contribution < 1.29 is 0 Å². The smallest absolute Gasteiger partial charge is 0.131 e. The van der Waals surface area contributed by atoms with Crippen molar-refractivity contribution in [2.24, 2.45) is 0 Å². The van der Waals surface area contributed by atoms with E-state index in [9.17, 15) is 0 Å². The van der Waals surface area contributed by atoms with Gasteiger partial charge in [0, 0.05) is 25.5 Å². The van der Waals surface area contributed by atoms with E-state index in [1.165, 1.54) is 5.56 Å². The number of nitrogens with one attached hydrogen (secondary N) is 1. The Morgan fingerprint density at radius 1 is 1.38 bits per heavy atom. The molecule has 0 fully saturated rings. The molecule has 1 N–H and O–H groups in total. The summed E-state index contributed by atoms with van der Waals surface area (Å²) >= 11 is 5.80. The summed E-state index contributed by atoms with van der Waals surface area (Å²) in [7, 11) is 0. The predicted octanol–water partition coefficient (Wildman–Crippen LogP) is 3.17. The number of pyridine rings is 1. The number of aromatic nitrogens is 2. The molecule has 0 atom stereocenters. The molecule has 16 heavy (non-hydrogen) atoms. The second-order valence-corrected chi connectivity index (χ2v) is 3.94. The van der Waals surface area contributed by atoms with Crippen LogP contribution >= 0.6 is 11.6 Å². The van der Waals surface area contributed by atoms with Gasteiger partial charge < -0.3 is 9.88 Å². The Balaban J connectivity index is 1.96. The molecule has 84 valence electrons. The summed E-state index contributed by atoms with van der Waals surface area (Å²) in [5, 5.41) is 3.74. The molecule has 0 aromatic carbocycles. The molecule has 2 aromatic rings. The third kappa shape index (κ3) is 2.76. The Hall–Kier alpha value is -1.48. The maximum absolute atomic E-state index is 5.80. The summed E-state index contributed by atoms with van der Waals surface area (Å²) in [6, 6.07) is 7.65. The molecule has 4 heteroatoms. The summed E-state index contributed by atoms with van der Waals surface area (Å²) in [6.07, 6.45) is 4.19. The number of aryl methyl sites for hydroxylation is 1. The molecule has 0 spiro atoms. The van der Waals surface area contributed by atoms with Gasteiger partial charge in [-0.3, -0.25) is 0 Å². The van der Waals surface area contributed by atoms with Crippen molar-refractivity contribution in [2.45, 2.75) is 20.0 Å². The van der Waals surface area contributed by atoms with Crippen LogP contribution in [0, 0.1) is 0 Å². The fraction of sp³-hybridized carbons (Fsp3) is 0.250. The molecule has 0 amide bonds. The van der Waals surface area contributed by atoms with Crippen molar-refractivity contribution in [3.63, 3.8) is 0 Å². The van der Waals surface area contributed by atoms with Crippen LogP contribution in [0.2, 0.25) is 5.15 Å². The topological polar surface area (TPSA) is 29.9 Å². The van der Waals surface area contributed by atoms with Gasteiger partial charge in [-0.05, 0) is 30.7 Å². The number of hydrogen-bond donors (Lipinski definition) is 1. The van der Waals surface area contributed by atoms with E-state index in [1.54, 1.807) is 6.07 Å². The van der Waals surface area contributed by atoms with Crippen molar-refractivity contribution >= 4 is 17.4 Å². The first-order chi connectivity index (χ1) is 7.78. The highest BCUT2D eigenvalue weighted by atomic mass is 35.5. The molecule has 2 rings (SSSR count). The summed E-state index contributed by atoms with van der Waals surface area (Å²) in [5.41, 5.74) is 1.24. The van der Waals surface area contributed by atoms with Gasteiger partial charge in [-0.25, -0.2) is 4.98 Å². The number of anilines is 1. The third-order valence-corrected chi connectivity index (χ3v) is 2.58. The van der Waals surface area contributed by atoms with Crippen LogP contribution in [0.25, 0.3) is 0 Å². The van der Waals surface area contributed by atoms with E-state index >= 15 is 0 Å². The van der Waals surface area contributed by atoms with Crippen LogP contribution in [-0.4, -0.2) is 9.55 Å². The van der Waals surface area contributed by atoms with Crippen LogP contribution in [0.3, 0.4) is 0 Å². The molecule has 0 bridgehead atoms. The lowest BCUT2D eigenvalue weighted by molar-refractivity contribution is 0.766. The second-order valence-electron chi connectivity index (χ2n) is 3.55. The Morgan fingerprint density at radius 2 is 2.25 bits per heavy atom. The molecule has 0 radical (unpaired) electrons. The summed E-state index contributed by atoms with van der Waals surface area (Å²) < 4.78 is 2.14. The van der Waals surface area contributed by atoms with Crippen LogP contribution < -0.4 is 5.32 Å². The van der Waals surface area contributed by atoms with E-state index in [0.29, 0.717) is 5.15 Å². The van der Waals surface area contributed by atoms with Crippen molar-refractivity contribution in [3.8, 4) is 0 Å². The van der Waals surface area contributed by atoms with Crippen molar-refractivity contribution in [2.75, 3.05) is 5.32 Å². The van der Waals surface area contributed by atoms with Crippen LogP contribution in [0.15, 0.2) is 36.7 Å². The lowest BCUT2D eigenvalue weighted by atomic mass is 10.3. The zero-order valence-electron chi connectivity index (χ0n) is 9.15. The predicted molar refractivity (Wildman–Crippen MR) is 66.7 cm³/mol. The van der Waals surface area contributed by atoms with E-state index < -0.39 is 0 Å². The Bertz CT molecular complexity index is 465. The van der Waals surface area contributed by atoms with Gasteiger partial charge >= 0.3 is 0 Å². The molecule has 2 heterocycles. The highest BCUT2D eigenvalue weighted by molar-refractivity contribution is 6.29. The summed E-state index contributed by atoms with van der Waals surface area (Å²) in [6.45, 7) is 3.88. The van der Waals surface area contributed by atoms with Gasteiger partial charge in [0.05, 0.1) is 0 Å². The van der Waals surface area contributed by atoms with Gasteiger partial charge in [0.2, 0.25) is 0 Å². The van der Waals surface area contributed by atoms with Gasteiger partial charge in [-0.15, -0.1) is 0 Å². The third-order valence-electron chi connectivity index (χ3n) is 2.37. The molecule has 0 aliphatic heterocycles. The molecular formula is C12H14ClN3. The van der Waals surface area contributed by atoms with Crippen molar-refractivity contribution in [3.05, 3.63) is 47.4 Å². The minimum absolute atomic E-state index is 0.510. The van der Waals surface area contributed by atoms with Gasteiger partial charge in [-0.1, -0.05) is 17.7 Å². The normalized spacial score (nSPS) is 10.4. The maximum atomic E-state index is 5.80. The van der Waals surface area contributed by atoms with Crippen LogP contribution in [0.5, 0.6) is 0 Å². The number of nitrogens with zero attached hydrogens (tertiary/aromatic N) is 2. The largest absolute Gasteiger partial charge is 0.366 e. The van der Waals surface area contributed by atoms with Crippen LogP contribution in [0.4, 0.5) is 5.82 Å². The van der Waals surface area contributed by atoms with Gasteiger partial charge in [-0.2, -0.15) is 0 Å². The van der Waals surface area contributed by atoms with Crippen molar-refractivity contribution in [1.29, 1.82) is 0 Å². The van der Waals surface area contributed by atoms with Crippen molar-refractivity contribution in [1.82, 2.24) is 9.55 Å². The average Bonchev–Trinajstić information content (AvgIpc) is 2.74. The van der Waals surface area contributed by atoms with Crippen LogP contribution in [-0.2, 0) is 13.1 Å². The first-order valence-corrected chi connectivity index (χ1v) is 5.67. The van der Waals surface area contributed by atoms with E-state index in [2.05, 4.69) is 40.3 Å². The minimum Gasteiger partial charge on any atom is -0.366 e. The Morgan fingerprint density at radius 3 is 2.94 bits per heavy atom. The van der Waals surface area contributed by atoms with Crippen LogP contribution in [0.1, 0.15) is 12.5 Å². The minimum atomic E-state index is 0.510. The SMILES string of the molecule is CCn1ccc(CNc2cccc(Cl)n2)c1. The van der Waals surface area contributed by atoms with E-state index in [1.807, 2.05) is 12.1 Å². The molecule has 3 nitrogen and oxygen atoms in total. The lowest BCUT2D eigenvalue weighted by Crippen LogP contribution is -2.00. The standard InChI is InChI=1S/C12H14ClN3/c1-2-16-7-6-10(9-16)8-14-12-5-3-4-11(13)15-12/h3-7,9H,2,8H2,1H3,(H,14,15). The molecular weight excluding hydrogens is 222 g/mol. The second kappa shape index (κ2) is 5.03. The summed E-state index contributed by atoms with van der Waals surface area (Å²) in [5.74, 6) is 0.803. The highest BCUT2D eigenvalue weighted by Crippen LogP contribution is 2.10. The Labute approximate surface area is 100 Å². The zero-order chi connectivity index (χ0) is 11.4. The first kappa shape index (κ1) is 11.0. The summed E-state index contributed by atoms with van der Waals surface area (Å²) in [4.78, 5) is 4.16. The van der Waals surface area contributed by atoms with E-state index in [-0.39, 0.29) is 0 Å². The molecule has 0 unspecified atom stereocenters. The van der Waals surface area contributed by atoms with Gasteiger partial charge in [0.25, 0.3) is 0 Å². The average molecular weight is 236 g/mol. The molecule has 0 aliphatic rings. The molecule has 0 saturated heterocycles. The van der Waals surface area contributed by atoms with E-state index in [0.717, 1.165) is 18.9 Å². The number of halogens is 1. The quantitative estimate of drug-likeness (QED) is 0.825. The fourth-order valence-electron chi connectivity index (χ4n) is 1.49. The monoisotopic (exact) mass is 235 g/mol. The lowest BCUT2D eigenvalue weighted by Gasteiger charge is -2.03. The van der Waals surface area contributed by atoms with E-state index in [4.69, 9.17) is 11.6 Å². The highest BCUT2D eigenvalue weighted by Gasteiger charge is 1.97. The van der Waals surface area contributed by atoms with Gasteiger partial charge in [0.1, 0.15) is 11.0 Å². The Kier molecular flexibility index (Phi) is 3.47. The fourth-order valence-corrected chi connectivity index (χ4v) is 1.65. The number of hydrogen-bond acceptors (Lipinski definition) is 2. The zero-order valence-corrected chi connectivity index (χ0v) is 9.91.